The molecule has 2 aliphatic rings. The Morgan fingerprint density at radius 1 is 1.40 bits per heavy atom. The fourth-order valence-electron chi connectivity index (χ4n) is 3.63. The highest BCUT2D eigenvalue weighted by molar-refractivity contribution is 6.59. The molecule has 1 unspecified atom stereocenters. The Balaban J connectivity index is 1.45. The van der Waals surface area contributed by atoms with Crippen LogP contribution in [0.4, 0.5) is 0 Å². The lowest BCUT2D eigenvalue weighted by atomic mass is 9.70. The van der Waals surface area contributed by atoms with E-state index in [1.807, 2.05) is 0 Å². The van der Waals surface area contributed by atoms with Crippen LogP contribution in [0.2, 0.25) is 6.32 Å². The summed E-state index contributed by atoms with van der Waals surface area (Å²) in [5, 5.41) is 35.3. The molecule has 1 aromatic carbocycles. The SMILES string of the molecule is Cn1cc(C(N)C(=O)N2CC(Oc3ccc4c(c3C(=O)[O-])O[B-](O)(O)CC4)C2)cn1. The molecule has 1 atom stereocenters. The molecule has 1 saturated heterocycles. The minimum atomic E-state index is -3.14. The molecule has 0 bridgehead atoms. The molecule has 1 aromatic heterocycles. The number of nitrogens with zero attached hydrogens (tertiary/aromatic N) is 3. The first-order valence-corrected chi connectivity index (χ1v) is 9.51. The number of ether oxygens (including phenoxy) is 1. The summed E-state index contributed by atoms with van der Waals surface area (Å²) < 4.78 is 12.4. The van der Waals surface area contributed by atoms with Gasteiger partial charge in [0.25, 0.3) is 0 Å². The van der Waals surface area contributed by atoms with Crippen molar-refractivity contribution in [3.63, 3.8) is 0 Å². The zero-order valence-electron chi connectivity index (χ0n) is 16.2. The number of nitrogens with two attached hydrogens (primary N) is 1. The summed E-state index contributed by atoms with van der Waals surface area (Å²) >= 11 is 0. The van der Waals surface area contributed by atoms with Gasteiger partial charge in [-0.15, -0.1) is 0 Å². The van der Waals surface area contributed by atoms with Crippen LogP contribution in [0.25, 0.3) is 0 Å². The number of aryl methyl sites for hydroxylation is 2. The number of fused-ring (bicyclic) bond motifs is 1. The Bertz CT molecular complexity index is 1000. The van der Waals surface area contributed by atoms with Crippen molar-refractivity contribution in [3.05, 3.63) is 41.2 Å². The Morgan fingerprint density at radius 3 is 2.77 bits per heavy atom. The molecule has 160 valence electrons. The molecule has 1 amide bonds. The van der Waals surface area contributed by atoms with Crippen molar-refractivity contribution < 1.29 is 34.1 Å². The van der Waals surface area contributed by atoms with E-state index in [1.165, 1.54) is 17.2 Å². The summed E-state index contributed by atoms with van der Waals surface area (Å²) in [4.78, 5) is 25.7. The fourth-order valence-corrected chi connectivity index (χ4v) is 3.63. The number of rotatable bonds is 5. The topological polar surface area (TPSA) is 163 Å². The second kappa shape index (κ2) is 7.31. The molecule has 11 nitrogen and oxygen atoms in total. The van der Waals surface area contributed by atoms with Crippen molar-refractivity contribution in [2.24, 2.45) is 12.8 Å². The molecule has 30 heavy (non-hydrogen) atoms. The maximum absolute atomic E-state index is 12.5. The van der Waals surface area contributed by atoms with Crippen LogP contribution in [0, 0.1) is 0 Å². The van der Waals surface area contributed by atoms with Gasteiger partial charge in [0.05, 0.1) is 36.6 Å². The third-order valence-corrected chi connectivity index (χ3v) is 5.30. The third kappa shape index (κ3) is 3.72. The van der Waals surface area contributed by atoms with Crippen molar-refractivity contribution in [1.82, 2.24) is 14.7 Å². The Kier molecular flexibility index (Phi) is 4.92. The number of aromatic nitrogens is 2. The highest BCUT2D eigenvalue weighted by Crippen LogP contribution is 2.38. The number of likely N-dealkylation sites (tertiary alicyclic amines) is 1. The highest BCUT2D eigenvalue weighted by Gasteiger charge is 2.37. The zero-order chi connectivity index (χ0) is 21.6. The van der Waals surface area contributed by atoms with Gasteiger partial charge in [-0.2, -0.15) is 5.10 Å². The number of benzene rings is 1. The van der Waals surface area contributed by atoms with Gasteiger partial charge in [0.1, 0.15) is 17.9 Å². The van der Waals surface area contributed by atoms with Crippen LogP contribution in [-0.2, 0) is 18.3 Å². The number of hydrogen-bond acceptors (Lipinski definition) is 9. The molecule has 0 spiro atoms. The van der Waals surface area contributed by atoms with Gasteiger partial charge >= 0.3 is 6.75 Å². The van der Waals surface area contributed by atoms with Gasteiger partial charge in [-0.05, 0) is 18.1 Å². The van der Waals surface area contributed by atoms with E-state index in [2.05, 4.69) is 5.10 Å². The second-order valence-electron chi connectivity index (χ2n) is 7.64. The van der Waals surface area contributed by atoms with E-state index >= 15 is 0 Å². The number of carboxylic acid groups (broad SMARTS) is 1. The Labute approximate surface area is 171 Å². The van der Waals surface area contributed by atoms with Crippen LogP contribution < -0.4 is 20.2 Å². The molecule has 1 fully saturated rings. The van der Waals surface area contributed by atoms with Crippen LogP contribution in [0.5, 0.6) is 11.5 Å². The molecule has 4 N–H and O–H groups in total. The molecule has 0 aliphatic carbocycles. The summed E-state index contributed by atoms with van der Waals surface area (Å²) in [6.07, 6.45) is 2.96. The molecule has 0 radical (unpaired) electrons. The normalized spacial score (nSPS) is 18.7. The molecule has 12 heteroatoms. The number of carbonyl (C=O) groups excluding carboxylic acids is 2. The molecule has 4 rings (SSSR count). The predicted octanol–water partition coefficient (Wildman–Crippen LogP) is -2.07. The second-order valence-corrected chi connectivity index (χ2v) is 7.64. The van der Waals surface area contributed by atoms with E-state index in [0.717, 1.165) is 0 Å². The number of hydrogen-bond donors (Lipinski definition) is 3. The lowest BCUT2D eigenvalue weighted by Crippen LogP contribution is -2.58. The number of amides is 1. The average molecular weight is 416 g/mol. The van der Waals surface area contributed by atoms with Gasteiger partial charge in [0.15, 0.2) is 0 Å². The first-order chi connectivity index (χ1) is 14.1. The van der Waals surface area contributed by atoms with Crippen LogP contribution in [0.15, 0.2) is 24.5 Å². The van der Waals surface area contributed by atoms with Crippen LogP contribution >= 0.6 is 0 Å². The monoisotopic (exact) mass is 416 g/mol. The van der Waals surface area contributed by atoms with E-state index in [9.17, 15) is 24.7 Å². The highest BCUT2D eigenvalue weighted by atomic mass is 16.6. The van der Waals surface area contributed by atoms with E-state index in [-0.39, 0.29) is 48.8 Å². The van der Waals surface area contributed by atoms with E-state index in [4.69, 9.17) is 15.1 Å². The maximum Gasteiger partial charge on any atom is 0.430 e. The summed E-state index contributed by atoms with van der Waals surface area (Å²) in [6, 6.07) is 2.25. The smallest absolute Gasteiger partial charge is 0.430 e. The van der Waals surface area contributed by atoms with Gasteiger partial charge in [0, 0.05) is 18.8 Å². The fraction of sp³-hybridized carbons (Fsp3) is 0.389. The average Bonchev–Trinajstić information content (AvgIpc) is 3.08. The van der Waals surface area contributed by atoms with Gasteiger partial charge in [-0.25, -0.2) is 0 Å². The van der Waals surface area contributed by atoms with Gasteiger partial charge in [-0.1, -0.05) is 12.4 Å². The van der Waals surface area contributed by atoms with Crippen molar-refractivity contribution in [1.29, 1.82) is 0 Å². The minimum Gasteiger partial charge on any atom is -0.669 e. The van der Waals surface area contributed by atoms with Crippen LogP contribution in [0.3, 0.4) is 0 Å². The number of carboxylic acids is 1. The summed E-state index contributed by atoms with van der Waals surface area (Å²) in [5.41, 5.74) is 6.73. The standard InChI is InChI=1S/C18H22BN4O7/c1-22-7-11(6-21-22)15(20)17(24)23-8-12(9-23)29-13-3-2-10-4-5-19(27,28)30-16(10)14(13)18(25)26/h2-3,6-7,12,15,27-28H,4-5,8-9,20H2,1H3,(H,25,26)/q-1/p-1. The maximum atomic E-state index is 12.5. The van der Waals surface area contributed by atoms with E-state index in [0.29, 0.717) is 11.1 Å². The van der Waals surface area contributed by atoms with Crippen molar-refractivity contribution in [3.8, 4) is 11.5 Å². The molecule has 0 saturated carbocycles. The largest absolute Gasteiger partial charge is 0.669 e. The first kappa shape index (κ1) is 20.2. The molecule has 3 heterocycles. The van der Waals surface area contributed by atoms with Crippen LogP contribution in [0.1, 0.15) is 27.5 Å². The van der Waals surface area contributed by atoms with E-state index in [1.54, 1.807) is 24.0 Å². The van der Waals surface area contributed by atoms with Gasteiger partial charge < -0.3 is 40.0 Å². The predicted molar refractivity (Wildman–Crippen MR) is 101 cm³/mol. The van der Waals surface area contributed by atoms with Crippen molar-refractivity contribution in [2.75, 3.05) is 13.1 Å². The lowest BCUT2D eigenvalue weighted by molar-refractivity contribution is -0.255. The van der Waals surface area contributed by atoms with E-state index < -0.39 is 24.9 Å². The Hall–Kier alpha value is -3.09. The molecule has 2 aromatic rings. The first-order valence-electron chi connectivity index (χ1n) is 9.51. The van der Waals surface area contributed by atoms with Crippen molar-refractivity contribution >= 4 is 18.6 Å². The quantitative estimate of drug-likeness (QED) is 0.465. The summed E-state index contributed by atoms with van der Waals surface area (Å²) in [5.74, 6) is -2.02. The molecule has 2 aliphatic heterocycles. The Morgan fingerprint density at radius 2 is 2.13 bits per heavy atom. The van der Waals surface area contributed by atoms with Gasteiger partial charge in [0.2, 0.25) is 5.91 Å². The minimum absolute atomic E-state index is 0.0177. The summed E-state index contributed by atoms with van der Waals surface area (Å²) in [6.45, 7) is -2.68. The van der Waals surface area contributed by atoms with Gasteiger partial charge in [-0.3, -0.25) is 9.48 Å². The zero-order valence-corrected chi connectivity index (χ0v) is 16.2. The number of carbonyl (C=O) groups is 2. The summed E-state index contributed by atoms with van der Waals surface area (Å²) in [7, 11) is 1.73. The van der Waals surface area contributed by atoms with Crippen molar-refractivity contribution in [2.45, 2.75) is 24.9 Å². The lowest BCUT2D eigenvalue weighted by Gasteiger charge is -2.41. The molecular weight excluding hydrogens is 395 g/mol. The third-order valence-electron chi connectivity index (χ3n) is 5.30. The number of aromatic carboxylic acids is 1. The molecular formula is C18H21BN4O7-2. The van der Waals surface area contributed by atoms with Crippen LogP contribution in [-0.4, -0.2) is 62.6 Å².